The van der Waals surface area contributed by atoms with Gasteiger partial charge in [0, 0.05) is 44.4 Å². The molecule has 28 heteroatoms. The number of hydrogen-bond acceptors (Lipinski definition) is 22. The number of carbonyl (C=O) groups excluding carboxylic acids is 6. The SMILES string of the molecule is CC=C1NC(=O)c2csc(n2)C(C(C)C)NC(=O)c2csc(n2)C(=CC)NC(=O)C(C(C)O)NC(=O)c2csc(n2)-c2ccc(-c3nc(-c4nc(C(=O)NC(C(=O)NCC(C)O)C(C)O)cs4)cs3)nc2-c2csc1n2. The fourth-order valence-corrected chi connectivity index (χ4v) is 12.3. The molecular weight excluding hydrogens is 1100 g/mol. The van der Waals surface area contributed by atoms with Crippen molar-refractivity contribution in [3.05, 3.63) is 94.4 Å². The molecule has 1 aliphatic heterocycles. The van der Waals surface area contributed by atoms with Gasteiger partial charge in [0.25, 0.3) is 23.6 Å². The van der Waals surface area contributed by atoms with Crippen molar-refractivity contribution >= 4 is 115 Å². The number of nitrogens with one attached hydrogen (secondary N) is 6. The summed E-state index contributed by atoms with van der Waals surface area (Å²) in [5, 5.41) is 59.0. The molecule has 0 radical (unpaired) electrons. The van der Waals surface area contributed by atoms with Crippen LogP contribution in [0, 0.1) is 5.92 Å². The van der Waals surface area contributed by atoms with Gasteiger partial charge >= 0.3 is 0 Å². The molecule has 8 bridgehead atoms. The molecule has 0 aliphatic carbocycles. The molecule has 7 aromatic rings. The second-order valence-corrected chi connectivity index (χ2v) is 22.6. The van der Waals surface area contributed by atoms with Crippen LogP contribution in [0.4, 0.5) is 0 Å². The van der Waals surface area contributed by atoms with Gasteiger partial charge in [0.1, 0.15) is 82.0 Å². The molecular formula is C48H49N13O9S6. The first-order valence-corrected chi connectivity index (χ1v) is 28.6. The smallest absolute Gasteiger partial charge is 0.275 e. The molecule has 6 amide bonds. The zero-order chi connectivity index (χ0) is 54.5. The Labute approximate surface area is 458 Å². The molecule has 0 spiro atoms. The fraction of sp³-hybridized carbons (Fsp3) is 0.312. The first-order valence-electron chi connectivity index (χ1n) is 23.3. The zero-order valence-electron chi connectivity index (χ0n) is 41.4. The number of aliphatic hydroxyl groups excluding tert-OH is 3. The predicted octanol–water partition coefficient (Wildman–Crippen LogP) is 5.35. The summed E-state index contributed by atoms with van der Waals surface area (Å²) >= 11 is 7.09. The van der Waals surface area contributed by atoms with Crippen molar-refractivity contribution in [3.8, 4) is 43.4 Å². The number of pyridine rings is 1. The number of aromatic nitrogens is 7. The van der Waals surface area contributed by atoms with Gasteiger partial charge in [-0.2, -0.15) is 0 Å². The third-order valence-electron chi connectivity index (χ3n) is 11.2. The Hall–Kier alpha value is -6.89. The monoisotopic (exact) mass is 1140 g/mol. The van der Waals surface area contributed by atoms with Gasteiger partial charge in [-0.25, -0.2) is 34.9 Å². The molecule has 0 fully saturated rings. The summed E-state index contributed by atoms with van der Waals surface area (Å²) in [4.78, 5) is 114. The Kier molecular flexibility index (Phi) is 17.5. The van der Waals surface area contributed by atoms with E-state index in [1.165, 1.54) is 65.5 Å². The Morgan fingerprint density at radius 1 is 0.605 bits per heavy atom. The number of nitrogens with zero attached hydrogens (tertiary/aromatic N) is 7. The highest BCUT2D eigenvalue weighted by atomic mass is 32.1. The number of allylic oxidation sites excluding steroid dienone is 2. The maximum absolute atomic E-state index is 13.8. The van der Waals surface area contributed by atoms with Crippen LogP contribution in [-0.4, -0.2) is 123 Å². The third-order valence-corrected chi connectivity index (χ3v) is 16.5. The minimum Gasteiger partial charge on any atom is -0.392 e. The van der Waals surface area contributed by atoms with Crippen LogP contribution < -0.4 is 31.9 Å². The van der Waals surface area contributed by atoms with Crippen molar-refractivity contribution in [1.82, 2.24) is 66.8 Å². The van der Waals surface area contributed by atoms with Crippen LogP contribution >= 0.6 is 68.0 Å². The Balaban J connectivity index is 1.13. The topological polar surface area (TPSA) is 326 Å². The molecule has 0 saturated carbocycles. The summed E-state index contributed by atoms with van der Waals surface area (Å²) in [7, 11) is 0. The molecule has 0 saturated heterocycles. The van der Waals surface area contributed by atoms with Gasteiger partial charge in [-0.3, -0.25) is 28.8 Å². The lowest BCUT2D eigenvalue weighted by Crippen LogP contribution is -2.53. The first-order chi connectivity index (χ1) is 36.3. The molecule has 8 heterocycles. The average Bonchev–Trinajstić information content (AvgIpc) is 4.26. The van der Waals surface area contributed by atoms with Gasteiger partial charge in [-0.05, 0) is 52.7 Å². The highest BCUT2D eigenvalue weighted by Gasteiger charge is 2.32. The van der Waals surface area contributed by atoms with Crippen molar-refractivity contribution in [2.75, 3.05) is 6.54 Å². The van der Waals surface area contributed by atoms with Crippen LogP contribution in [-0.2, 0) is 9.59 Å². The summed E-state index contributed by atoms with van der Waals surface area (Å²) in [6, 6.07) is 0.144. The second kappa shape index (κ2) is 24.0. The number of carbonyl (C=O) groups is 6. The first kappa shape index (κ1) is 55.3. The number of aliphatic hydroxyl groups is 3. The van der Waals surface area contributed by atoms with Gasteiger partial charge in [-0.15, -0.1) is 68.0 Å². The largest absolute Gasteiger partial charge is 0.392 e. The summed E-state index contributed by atoms with van der Waals surface area (Å²) < 4.78 is 0. The van der Waals surface area contributed by atoms with Crippen molar-refractivity contribution in [1.29, 1.82) is 0 Å². The minimum absolute atomic E-state index is 0.00971. The number of amides is 6. The summed E-state index contributed by atoms with van der Waals surface area (Å²) in [6.45, 7) is 11.4. The average molecular weight is 1140 g/mol. The normalized spacial score (nSPS) is 18.2. The minimum atomic E-state index is -1.44. The standard InChI is InChI=1S/C48H49N13O9S6/c1-8-24-44-53-27(13-72-44)36-23(10-11-26(50-36)46-58-32(18-75-46)47-56-31(16-74-47)40(68)60-34(21(6)63)41(69)49-12-20(5)62)43-54-29(14-71-43)39(67)61-35(22(7)64)42(70)52-25(9-2)45-55-30(15-73-45)38(66)59-33(19(3)4)48-57-28(17-76-48)37(65)51-24/h8-11,13-22,33-35,62-64H,12H2,1-7H3,(H,49,69)(H,51,65)(H,52,70)(H,59,66)(H,60,68)(H,61,67). The lowest BCUT2D eigenvalue weighted by molar-refractivity contribution is -0.126. The maximum Gasteiger partial charge on any atom is 0.275 e. The van der Waals surface area contributed by atoms with E-state index in [2.05, 4.69) is 51.8 Å². The van der Waals surface area contributed by atoms with E-state index in [0.29, 0.717) is 64.1 Å². The lowest BCUT2D eigenvalue weighted by atomic mass is 10.1. The van der Waals surface area contributed by atoms with E-state index >= 15 is 0 Å². The summed E-state index contributed by atoms with van der Waals surface area (Å²) in [5.74, 6) is -4.03. The Morgan fingerprint density at radius 2 is 1.14 bits per heavy atom. The molecule has 9 N–H and O–H groups in total. The summed E-state index contributed by atoms with van der Waals surface area (Å²) in [5.41, 5.74) is 2.83. The van der Waals surface area contributed by atoms with E-state index in [1.54, 1.807) is 59.7 Å². The van der Waals surface area contributed by atoms with Gasteiger partial charge in [0.05, 0.1) is 41.4 Å². The molecule has 76 heavy (non-hydrogen) atoms. The second-order valence-electron chi connectivity index (χ2n) is 17.4. The van der Waals surface area contributed by atoms with E-state index in [0.717, 1.165) is 34.0 Å². The van der Waals surface area contributed by atoms with Gasteiger partial charge in [-0.1, -0.05) is 26.0 Å². The van der Waals surface area contributed by atoms with Crippen LogP contribution in [0.15, 0.2) is 56.6 Å². The number of hydrogen-bond donors (Lipinski definition) is 9. The van der Waals surface area contributed by atoms with Crippen molar-refractivity contribution in [2.24, 2.45) is 5.92 Å². The van der Waals surface area contributed by atoms with E-state index in [1.807, 2.05) is 13.8 Å². The Bertz CT molecular complexity index is 3380. The Morgan fingerprint density at radius 3 is 1.79 bits per heavy atom. The maximum atomic E-state index is 13.8. The molecule has 0 aromatic carbocycles. The summed E-state index contributed by atoms with van der Waals surface area (Å²) in [6.07, 6.45) is -0.152. The van der Waals surface area contributed by atoms with E-state index < -0.39 is 71.9 Å². The number of thiazole rings is 6. The van der Waals surface area contributed by atoms with Crippen LogP contribution in [0.5, 0.6) is 0 Å². The molecule has 7 aromatic heterocycles. The third kappa shape index (κ3) is 12.5. The van der Waals surface area contributed by atoms with E-state index in [9.17, 15) is 44.1 Å². The molecule has 22 nitrogen and oxygen atoms in total. The van der Waals surface area contributed by atoms with Crippen LogP contribution in [0.1, 0.15) is 111 Å². The van der Waals surface area contributed by atoms with Crippen molar-refractivity contribution in [3.63, 3.8) is 0 Å². The molecule has 396 valence electrons. The van der Waals surface area contributed by atoms with Crippen molar-refractivity contribution in [2.45, 2.75) is 84.9 Å². The highest BCUT2D eigenvalue weighted by molar-refractivity contribution is 7.15. The van der Waals surface area contributed by atoms with Gasteiger partial charge in [0.15, 0.2) is 0 Å². The highest BCUT2D eigenvalue weighted by Crippen LogP contribution is 2.38. The molecule has 6 atom stereocenters. The van der Waals surface area contributed by atoms with E-state index in [4.69, 9.17) is 15.0 Å². The van der Waals surface area contributed by atoms with Gasteiger partial charge < -0.3 is 47.2 Å². The lowest BCUT2D eigenvalue weighted by Gasteiger charge is -2.21. The van der Waals surface area contributed by atoms with Crippen molar-refractivity contribution < 1.29 is 44.1 Å². The fourth-order valence-electron chi connectivity index (χ4n) is 7.20. The molecule has 6 unspecified atom stereocenters. The van der Waals surface area contributed by atoms with Gasteiger partial charge in [0.2, 0.25) is 11.8 Å². The quantitative estimate of drug-likeness (QED) is 0.0833. The predicted molar refractivity (Wildman–Crippen MR) is 291 cm³/mol. The molecule has 1 aliphatic rings. The van der Waals surface area contributed by atoms with E-state index in [-0.39, 0.29) is 40.9 Å². The van der Waals surface area contributed by atoms with Crippen LogP contribution in [0.3, 0.4) is 0 Å². The zero-order valence-corrected chi connectivity index (χ0v) is 46.3. The molecule has 8 rings (SSSR count). The number of fused-ring (bicyclic) bond motifs is 11. The van der Waals surface area contributed by atoms with Crippen LogP contribution in [0.2, 0.25) is 0 Å². The number of rotatable bonds is 10. The van der Waals surface area contributed by atoms with Crippen LogP contribution in [0.25, 0.3) is 54.8 Å².